The average Bonchev–Trinajstić information content (AvgIpc) is 2.97. The molecule has 1 amide bonds. The highest BCUT2D eigenvalue weighted by molar-refractivity contribution is 5.75. The van der Waals surface area contributed by atoms with Gasteiger partial charge in [-0.15, -0.1) is 0 Å². The van der Waals surface area contributed by atoms with Crippen molar-refractivity contribution >= 4 is 11.7 Å². The Labute approximate surface area is 120 Å². The van der Waals surface area contributed by atoms with Gasteiger partial charge in [0.05, 0.1) is 29.1 Å². The van der Waals surface area contributed by atoms with Crippen molar-refractivity contribution in [2.45, 2.75) is 26.9 Å². The minimum Gasteiger partial charge on any atom is -0.358 e. The first kappa shape index (κ1) is 14.7. The maximum Gasteiger partial charge on any atom is 0.390 e. The smallest absolute Gasteiger partial charge is 0.358 e. The molecule has 0 aromatic carbocycles. The van der Waals surface area contributed by atoms with Crippen molar-refractivity contribution < 1.29 is 9.72 Å². The molecule has 0 aliphatic rings. The van der Waals surface area contributed by atoms with Crippen molar-refractivity contribution in [1.82, 2.24) is 24.9 Å². The van der Waals surface area contributed by atoms with Crippen LogP contribution in [0, 0.1) is 24.0 Å². The molecule has 2 aromatic rings. The van der Waals surface area contributed by atoms with Gasteiger partial charge in [0.15, 0.2) is 0 Å². The second-order valence-electron chi connectivity index (χ2n) is 4.63. The molecule has 2 rings (SSSR count). The Bertz CT molecular complexity index is 660. The number of aromatic nitrogens is 4. The van der Waals surface area contributed by atoms with Crippen LogP contribution in [0.1, 0.15) is 11.4 Å². The maximum atomic E-state index is 11.7. The van der Waals surface area contributed by atoms with Gasteiger partial charge in [0.25, 0.3) is 0 Å². The summed E-state index contributed by atoms with van der Waals surface area (Å²) in [6, 6.07) is 3.22. The lowest BCUT2D eigenvalue weighted by Gasteiger charge is -2.05. The number of nitrogens with zero attached hydrogens (tertiary/aromatic N) is 5. The van der Waals surface area contributed by atoms with E-state index in [1.54, 1.807) is 17.8 Å². The van der Waals surface area contributed by atoms with Crippen LogP contribution < -0.4 is 5.32 Å². The Morgan fingerprint density at radius 1 is 1.43 bits per heavy atom. The van der Waals surface area contributed by atoms with Gasteiger partial charge in [-0.25, -0.2) is 0 Å². The first-order valence-electron chi connectivity index (χ1n) is 6.41. The van der Waals surface area contributed by atoms with Crippen molar-refractivity contribution in [3.8, 4) is 0 Å². The molecule has 2 aromatic heterocycles. The van der Waals surface area contributed by atoms with E-state index in [1.807, 2.05) is 13.0 Å². The summed E-state index contributed by atoms with van der Waals surface area (Å²) in [5.74, 6) is -0.358. The molecule has 0 saturated carbocycles. The van der Waals surface area contributed by atoms with Gasteiger partial charge in [0.1, 0.15) is 6.54 Å². The van der Waals surface area contributed by atoms with E-state index in [2.05, 4.69) is 15.5 Å². The standard InChI is InChI=1S/C12H16N6O3/c1-9-3-5-16(14-9)8-12(19)13-4-6-17-10(2)7-11(15-17)18(20)21/h3,5,7H,4,6,8H2,1-2H3,(H,13,19). The summed E-state index contributed by atoms with van der Waals surface area (Å²) in [6.45, 7) is 4.45. The van der Waals surface area contributed by atoms with Gasteiger partial charge in [-0.1, -0.05) is 0 Å². The van der Waals surface area contributed by atoms with E-state index in [9.17, 15) is 14.9 Å². The summed E-state index contributed by atoms with van der Waals surface area (Å²) < 4.78 is 3.05. The normalized spacial score (nSPS) is 10.6. The molecule has 112 valence electrons. The van der Waals surface area contributed by atoms with E-state index in [-0.39, 0.29) is 18.3 Å². The van der Waals surface area contributed by atoms with Crippen LogP contribution in [-0.4, -0.2) is 36.9 Å². The quantitative estimate of drug-likeness (QED) is 0.613. The fraction of sp³-hybridized carbons (Fsp3) is 0.417. The third-order valence-electron chi connectivity index (χ3n) is 2.88. The van der Waals surface area contributed by atoms with E-state index in [0.29, 0.717) is 18.8 Å². The number of hydrogen-bond donors (Lipinski definition) is 1. The minimum atomic E-state index is -0.540. The summed E-state index contributed by atoms with van der Waals surface area (Å²) >= 11 is 0. The Hall–Kier alpha value is -2.71. The molecular weight excluding hydrogens is 276 g/mol. The number of nitrogens with one attached hydrogen (secondary N) is 1. The molecule has 0 radical (unpaired) electrons. The van der Waals surface area contributed by atoms with Crippen molar-refractivity contribution in [3.05, 3.63) is 39.8 Å². The van der Waals surface area contributed by atoms with Crippen molar-refractivity contribution in [1.29, 1.82) is 0 Å². The lowest BCUT2D eigenvalue weighted by molar-refractivity contribution is -0.389. The number of carbonyl (C=O) groups is 1. The van der Waals surface area contributed by atoms with Gasteiger partial charge in [0, 0.05) is 12.7 Å². The van der Waals surface area contributed by atoms with E-state index >= 15 is 0 Å². The molecule has 0 spiro atoms. The predicted octanol–water partition coefficient (Wildman–Crippen LogP) is 0.421. The monoisotopic (exact) mass is 292 g/mol. The summed E-state index contributed by atoms with van der Waals surface area (Å²) in [6.07, 6.45) is 1.73. The highest BCUT2D eigenvalue weighted by atomic mass is 16.6. The number of nitro groups is 1. The van der Waals surface area contributed by atoms with Crippen molar-refractivity contribution in [2.75, 3.05) is 6.54 Å². The number of amides is 1. The van der Waals surface area contributed by atoms with Crippen LogP contribution in [0.25, 0.3) is 0 Å². The number of aryl methyl sites for hydroxylation is 2. The SMILES string of the molecule is Cc1ccn(CC(=O)NCCn2nc([N+](=O)[O-])cc2C)n1. The lowest BCUT2D eigenvalue weighted by Crippen LogP contribution is -2.31. The molecule has 0 bridgehead atoms. The van der Waals surface area contributed by atoms with Crippen LogP contribution in [0.5, 0.6) is 0 Å². The van der Waals surface area contributed by atoms with Crippen LogP contribution in [0.2, 0.25) is 0 Å². The van der Waals surface area contributed by atoms with Crippen LogP contribution in [0.15, 0.2) is 18.3 Å². The van der Waals surface area contributed by atoms with Crippen LogP contribution in [-0.2, 0) is 17.9 Å². The van der Waals surface area contributed by atoms with Crippen LogP contribution in [0.3, 0.4) is 0 Å². The summed E-state index contributed by atoms with van der Waals surface area (Å²) in [4.78, 5) is 21.8. The van der Waals surface area contributed by atoms with E-state index in [0.717, 1.165) is 5.69 Å². The van der Waals surface area contributed by atoms with Crippen molar-refractivity contribution in [2.24, 2.45) is 0 Å². The molecular formula is C12H16N6O3. The number of rotatable bonds is 6. The molecule has 9 heteroatoms. The molecule has 0 fully saturated rings. The van der Waals surface area contributed by atoms with E-state index in [1.165, 1.54) is 10.7 Å². The fourth-order valence-corrected chi connectivity index (χ4v) is 1.86. The average molecular weight is 292 g/mol. The van der Waals surface area contributed by atoms with Crippen LogP contribution >= 0.6 is 0 Å². The van der Waals surface area contributed by atoms with Gasteiger partial charge in [-0.3, -0.25) is 9.48 Å². The van der Waals surface area contributed by atoms with E-state index < -0.39 is 4.92 Å². The summed E-state index contributed by atoms with van der Waals surface area (Å²) in [5.41, 5.74) is 1.53. The molecule has 0 aliphatic heterocycles. The minimum absolute atomic E-state index is 0.145. The second-order valence-corrected chi connectivity index (χ2v) is 4.63. The maximum absolute atomic E-state index is 11.7. The van der Waals surface area contributed by atoms with Gasteiger partial charge in [-0.2, -0.15) is 9.78 Å². The molecule has 0 saturated heterocycles. The van der Waals surface area contributed by atoms with Gasteiger partial charge in [0.2, 0.25) is 5.91 Å². The van der Waals surface area contributed by atoms with E-state index in [4.69, 9.17) is 0 Å². The highest BCUT2D eigenvalue weighted by Crippen LogP contribution is 2.10. The number of hydrogen-bond acceptors (Lipinski definition) is 5. The zero-order chi connectivity index (χ0) is 15.4. The van der Waals surface area contributed by atoms with Crippen molar-refractivity contribution in [3.63, 3.8) is 0 Å². The highest BCUT2D eigenvalue weighted by Gasteiger charge is 2.15. The molecule has 0 atom stereocenters. The van der Waals surface area contributed by atoms with Gasteiger partial charge < -0.3 is 15.4 Å². The molecule has 0 aliphatic carbocycles. The topological polar surface area (TPSA) is 108 Å². The number of carbonyl (C=O) groups excluding carboxylic acids is 1. The predicted molar refractivity (Wildman–Crippen MR) is 73.6 cm³/mol. The lowest BCUT2D eigenvalue weighted by atomic mass is 10.4. The second kappa shape index (κ2) is 6.16. The third-order valence-corrected chi connectivity index (χ3v) is 2.88. The Morgan fingerprint density at radius 2 is 2.19 bits per heavy atom. The Balaban J connectivity index is 1.81. The third kappa shape index (κ3) is 3.88. The molecule has 1 N–H and O–H groups in total. The fourth-order valence-electron chi connectivity index (χ4n) is 1.86. The Kier molecular flexibility index (Phi) is 4.31. The Morgan fingerprint density at radius 3 is 2.76 bits per heavy atom. The first-order valence-corrected chi connectivity index (χ1v) is 6.41. The molecule has 21 heavy (non-hydrogen) atoms. The zero-order valence-corrected chi connectivity index (χ0v) is 11.8. The first-order chi connectivity index (χ1) is 9.95. The summed E-state index contributed by atoms with van der Waals surface area (Å²) in [5, 5.41) is 21.3. The zero-order valence-electron chi connectivity index (χ0n) is 11.8. The molecule has 9 nitrogen and oxygen atoms in total. The van der Waals surface area contributed by atoms with Gasteiger partial charge in [-0.05, 0) is 24.8 Å². The summed E-state index contributed by atoms with van der Waals surface area (Å²) in [7, 11) is 0. The molecule has 2 heterocycles. The van der Waals surface area contributed by atoms with Gasteiger partial charge >= 0.3 is 5.82 Å². The van der Waals surface area contributed by atoms with Crippen LogP contribution in [0.4, 0.5) is 5.82 Å². The molecule has 0 unspecified atom stereocenters. The largest absolute Gasteiger partial charge is 0.390 e.